The number of anilines is 2. The van der Waals surface area contributed by atoms with Crippen molar-refractivity contribution in [1.82, 2.24) is 9.88 Å². The van der Waals surface area contributed by atoms with Crippen LogP contribution in [0.1, 0.15) is 16.7 Å². The van der Waals surface area contributed by atoms with Crippen LogP contribution in [0.5, 0.6) is 0 Å². The first-order valence-electron chi connectivity index (χ1n) is 11.8. The van der Waals surface area contributed by atoms with Crippen molar-refractivity contribution in [3.05, 3.63) is 101 Å². The lowest BCUT2D eigenvalue weighted by molar-refractivity contribution is -0.122. The summed E-state index contributed by atoms with van der Waals surface area (Å²) in [6.45, 7) is 3.64. The number of urea groups is 1. The maximum atomic E-state index is 13.4. The van der Waals surface area contributed by atoms with Gasteiger partial charge in [-0.2, -0.15) is 0 Å². The molecule has 9 heteroatoms. The second kappa shape index (κ2) is 9.78. The minimum atomic E-state index is -0.818. The Morgan fingerprint density at radius 1 is 0.974 bits per heavy atom. The zero-order chi connectivity index (χ0) is 27.0. The van der Waals surface area contributed by atoms with E-state index in [1.54, 1.807) is 29.0 Å². The first kappa shape index (κ1) is 24.6. The number of benzene rings is 3. The molecule has 0 unspecified atom stereocenters. The fourth-order valence-corrected chi connectivity index (χ4v) is 4.54. The van der Waals surface area contributed by atoms with Gasteiger partial charge in [0.25, 0.3) is 11.8 Å². The molecule has 3 aromatic carbocycles. The van der Waals surface area contributed by atoms with E-state index in [1.165, 1.54) is 30.3 Å². The van der Waals surface area contributed by atoms with Crippen LogP contribution >= 0.6 is 0 Å². The van der Waals surface area contributed by atoms with Crippen LogP contribution in [0, 0.1) is 19.7 Å². The highest BCUT2D eigenvalue weighted by atomic mass is 19.1. The maximum absolute atomic E-state index is 13.4. The van der Waals surface area contributed by atoms with Crippen LogP contribution in [-0.4, -0.2) is 28.3 Å². The smallest absolute Gasteiger partial charge is 0.335 e. The summed E-state index contributed by atoms with van der Waals surface area (Å²) in [6.07, 6.45) is 3.09. The molecule has 0 spiro atoms. The van der Waals surface area contributed by atoms with Gasteiger partial charge in [0.05, 0.1) is 5.69 Å². The van der Waals surface area contributed by atoms with Crippen LogP contribution in [0.4, 0.5) is 20.6 Å². The SMILES string of the molecule is Cc1cc(C)cc(N2C(=O)NC(=O)C(=Cc3cn(CC(=O)Nc4ccc(F)cc4)c4ccccc34)C2=O)c1. The van der Waals surface area contributed by atoms with Gasteiger partial charge in [0.2, 0.25) is 5.91 Å². The van der Waals surface area contributed by atoms with E-state index in [2.05, 4.69) is 10.6 Å². The van der Waals surface area contributed by atoms with Crippen molar-refractivity contribution in [2.75, 3.05) is 10.2 Å². The van der Waals surface area contributed by atoms with Gasteiger partial charge in [0, 0.05) is 28.4 Å². The molecule has 0 radical (unpaired) electrons. The third-order valence-electron chi connectivity index (χ3n) is 6.13. The molecule has 0 saturated carbocycles. The zero-order valence-electron chi connectivity index (χ0n) is 20.6. The van der Waals surface area contributed by atoms with Gasteiger partial charge in [-0.15, -0.1) is 0 Å². The standard InChI is InChI=1S/C29H23FN4O4/c1-17-11-18(2)13-22(12-17)34-28(37)24(27(36)32-29(34)38)14-19-15-33(25-6-4-3-5-23(19)25)16-26(35)31-21-9-7-20(30)8-10-21/h3-15H,16H2,1-2H3,(H,31,35)(H,32,36,38). The first-order valence-corrected chi connectivity index (χ1v) is 11.8. The molecule has 5 rings (SSSR count). The van der Waals surface area contributed by atoms with Crippen LogP contribution in [0.3, 0.4) is 0 Å². The van der Waals surface area contributed by atoms with Crippen LogP contribution in [0.2, 0.25) is 0 Å². The average Bonchev–Trinajstić information content (AvgIpc) is 3.19. The number of nitrogens with zero attached hydrogens (tertiary/aromatic N) is 2. The Morgan fingerprint density at radius 2 is 1.66 bits per heavy atom. The molecule has 5 amide bonds. The van der Waals surface area contributed by atoms with Crippen LogP contribution in [0.15, 0.2) is 78.5 Å². The molecule has 0 bridgehead atoms. The van der Waals surface area contributed by atoms with Gasteiger partial charge < -0.3 is 9.88 Å². The van der Waals surface area contributed by atoms with Crippen LogP contribution < -0.4 is 15.5 Å². The number of aryl methyl sites for hydroxylation is 2. The Bertz CT molecular complexity index is 1630. The summed E-state index contributed by atoms with van der Waals surface area (Å²) in [7, 11) is 0. The van der Waals surface area contributed by atoms with Crippen molar-refractivity contribution in [2.24, 2.45) is 0 Å². The van der Waals surface area contributed by atoms with Gasteiger partial charge in [-0.25, -0.2) is 14.1 Å². The molecule has 1 saturated heterocycles. The Balaban J connectivity index is 1.49. The van der Waals surface area contributed by atoms with Crippen molar-refractivity contribution in [3.63, 3.8) is 0 Å². The molecule has 38 heavy (non-hydrogen) atoms. The highest BCUT2D eigenvalue weighted by molar-refractivity contribution is 6.39. The zero-order valence-corrected chi connectivity index (χ0v) is 20.6. The molecule has 190 valence electrons. The van der Waals surface area contributed by atoms with Crippen LogP contribution in [0.25, 0.3) is 17.0 Å². The van der Waals surface area contributed by atoms with E-state index < -0.39 is 23.7 Å². The summed E-state index contributed by atoms with van der Waals surface area (Å²) < 4.78 is 14.9. The summed E-state index contributed by atoms with van der Waals surface area (Å²) in [4.78, 5) is 52.4. The predicted molar refractivity (Wildman–Crippen MR) is 142 cm³/mol. The summed E-state index contributed by atoms with van der Waals surface area (Å²) in [6, 6.07) is 17.2. The number of carbonyl (C=O) groups excluding carboxylic acids is 4. The topological polar surface area (TPSA) is 101 Å². The summed E-state index contributed by atoms with van der Waals surface area (Å²) in [5.41, 5.74) is 3.58. The Labute approximate surface area is 217 Å². The normalized spacial score (nSPS) is 14.8. The second-order valence-electron chi connectivity index (χ2n) is 9.09. The number of para-hydroxylation sites is 1. The lowest BCUT2D eigenvalue weighted by Crippen LogP contribution is -2.54. The number of rotatable bonds is 5. The molecule has 1 aliphatic rings. The van der Waals surface area contributed by atoms with Gasteiger partial charge in [0.15, 0.2) is 0 Å². The molecule has 2 N–H and O–H groups in total. The second-order valence-corrected chi connectivity index (χ2v) is 9.09. The van der Waals surface area contributed by atoms with Crippen molar-refractivity contribution in [3.8, 4) is 0 Å². The van der Waals surface area contributed by atoms with Gasteiger partial charge in [0.1, 0.15) is 17.9 Å². The van der Waals surface area contributed by atoms with E-state index in [9.17, 15) is 23.6 Å². The van der Waals surface area contributed by atoms with Gasteiger partial charge in [-0.05, 0) is 73.5 Å². The van der Waals surface area contributed by atoms with E-state index >= 15 is 0 Å². The summed E-state index contributed by atoms with van der Waals surface area (Å²) >= 11 is 0. The lowest BCUT2D eigenvalue weighted by Gasteiger charge is -2.26. The molecule has 2 heterocycles. The fourth-order valence-electron chi connectivity index (χ4n) is 4.54. The summed E-state index contributed by atoms with van der Waals surface area (Å²) in [5.74, 6) is -2.29. The molecule has 1 aliphatic heterocycles. The molecular formula is C29H23FN4O4. The minimum absolute atomic E-state index is 0.0611. The average molecular weight is 511 g/mol. The molecule has 0 atom stereocenters. The molecule has 4 aromatic rings. The van der Waals surface area contributed by atoms with E-state index in [-0.39, 0.29) is 18.0 Å². The monoisotopic (exact) mass is 510 g/mol. The summed E-state index contributed by atoms with van der Waals surface area (Å²) in [5, 5.41) is 5.68. The lowest BCUT2D eigenvalue weighted by atomic mass is 10.0. The number of nitrogens with one attached hydrogen (secondary N) is 2. The van der Waals surface area contributed by atoms with E-state index in [0.29, 0.717) is 27.8 Å². The molecule has 8 nitrogen and oxygen atoms in total. The Kier molecular flexibility index (Phi) is 6.34. The number of amides is 5. The molecule has 1 aromatic heterocycles. The number of fused-ring (bicyclic) bond motifs is 1. The van der Waals surface area contributed by atoms with Gasteiger partial charge >= 0.3 is 6.03 Å². The largest absolute Gasteiger partial charge is 0.337 e. The third kappa shape index (κ3) is 4.81. The van der Waals surface area contributed by atoms with Gasteiger partial charge in [-0.1, -0.05) is 24.3 Å². The fraction of sp³-hybridized carbons (Fsp3) is 0.103. The van der Waals surface area contributed by atoms with Crippen molar-refractivity contribution >= 4 is 52.1 Å². The molecule has 1 fully saturated rings. The number of aromatic nitrogens is 1. The third-order valence-corrected chi connectivity index (χ3v) is 6.13. The highest BCUT2D eigenvalue weighted by Crippen LogP contribution is 2.27. The molecular weight excluding hydrogens is 487 g/mol. The Hall–Kier alpha value is -5.05. The number of hydrogen-bond donors (Lipinski definition) is 2. The minimum Gasteiger partial charge on any atom is -0.337 e. The van der Waals surface area contributed by atoms with E-state index in [0.717, 1.165) is 16.0 Å². The number of halogens is 1. The first-order chi connectivity index (χ1) is 18.2. The van der Waals surface area contributed by atoms with Crippen LogP contribution in [-0.2, 0) is 20.9 Å². The van der Waals surface area contributed by atoms with E-state index in [1.807, 2.05) is 38.1 Å². The quantitative estimate of drug-likeness (QED) is 0.300. The number of imide groups is 2. The number of barbiturate groups is 1. The Morgan fingerprint density at radius 3 is 2.37 bits per heavy atom. The number of hydrogen-bond acceptors (Lipinski definition) is 4. The van der Waals surface area contributed by atoms with Gasteiger partial charge in [-0.3, -0.25) is 19.7 Å². The van der Waals surface area contributed by atoms with Crippen molar-refractivity contribution in [2.45, 2.75) is 20.4 Å². The highest BCUT2D eigenvalue weighted by Gasteiger charge is 2.37. The molecule has 0 aliphatic carbocycles. The van der Waals surface area contributed by atoms with E-state index in [4.69, 9.17) is 0 Å². The number of carbonyl (C=O) groups is 4. The van der Waals surface area contributed by atoms with Crippen molar-refractivity contribution in [1.29, 1.82) is 0 Å². The van der Waals surface area contributed by atoms with Crippen molar-refractivity contribution < 1.29 is 23.6 Å². The predicted octanol–water partition coefficient (Wildman–Crippen LogP) is 4.70. The maximum Gasteiger partial charge on any atom is 0.335 e.